The Morgan fingerprint density at radius 2 is 1.46 bits per heavy atom. The Morgan fingerprint density at radius 3 is 2.08 bits per heavy atom. The monoisotopic (exact) mass is 330 g/mol. The molecule has 0 amide bonds. The summed E-state index contributed by atoms with van der Waals surface area (Å²) in [7, 11) is 0. The van der Waals surface area contributed by atoms with E-state index in [9.17, 15) is 5.11 Å². The molecule has 1 N–H and O–H groups in total. The van der Waals surface area contributed by atoms with Gasteiger partial charge in [0.05, 0.1) is 15.9 Å². The molecule has 0 atom stereocenters. The molecule has 0 radical (unpaired) electrons. The summed E-state index contributed by atoms with van der Waals surface area (Å²) in [5.41, 5.74) is 3.83. The van der Waals surface area contributed by atoms with Gasteiger partial charge in [0.25, 0.3) is 0 Å². The maximum Gasteiger partial charge on any atom is 0.210 e. The molecule has 0 saturated heterocycles. The van der Waals surface area contributed by atoms with Crippen molar-refractivity contribution in [1.82, 2.24) is 4.98 Å². The fourth-order valence-electron chi connectivity index (χ4n) is 2.53. The van der Waals surface area contributed by atoms with Gasteiger partial charge in [-0.3, -0.25) is 0 Å². The van der Waals surface area contributed by atoms with Crippen LogP contribution in [0.25, 0.3) is 10.2 Å². The molecule has 4 rings (SSSR count). The van der Waals surface area contributed by atoms with Crippen molar-refractivity contribution in [3.8, 4) is 5.75 Å². The number of phenolic OH excluding ortho intramolecular Hbond substituents is 1. The number of phenols is 1. The van der Waals surface area contributed by atoms with E-state index in [0.29, 0.717) is 5.13 Å². The largest absolute Gasteiger partial charge is 0.508 e. The van der Waals surface area contributed by atoms with Gasteiger partial charge in [-0.25, -0.2) is 9.98 Å². The summed E-state index contributed by atoms with van der Waals surface area (Å²) in [4.78, 5) is 9.37. The first-order valence-corrected chi connectivity index (χ1v) is 8.40. The lowest BCUT2D eigenvalue weighted by Gasteiger charge is -2.06. The van der Waals surface area contributed by atoms with E-state index in [1.807, 2.05) is 66.7 Å². The molecule has 0 aliphatic heterocycles. The number of nitrogens with zero attached hydrogens (tertiary/aromatic N) is 2. The van der Waals surface area contributed by atoms with Crippen molar-refractivity contribution in [3.63, 3.8) is 0 Å². The molecule has 0 fully saturated rings. The number of aliphatic imine (C=N–C) groups is 1. The summed E-state index contributed by atoms with van der Waals surface area (Å²) in [5.74, 6) is 0.244. The van der Waals surface area contributed by atoms with E-state index in [2.05, 4.69) is 4.98 Å². The quantitative estimate of drug-likeness (QED) is 0.527. The van der Waals surface area contributed by atoms with E-state index < -0.39 is 0 Å². The first-order chi connectivity index (χ1) is 11.8. The fraction of sp³-hybridized carbons (Fsp3) is 0. The third kappa shape index (κ3) is 2.92. The Hall–Kier alpha value is -2.98. The Balaban J connectivity index is 1.87. The third-order valence-electron chi connectivity index (χ3n) is 3.66. The van der Waals surface area contributed by atoms with Crippen LogP contribution in [0.3, 0.4) is 0 Å². The molecule has 4 heteroatoms. The SMILES string of the molecule is Oc1ccc2nc(N=C(c3ccccc3)c3ccccc3)sc2c1. The molecular formula is C20H14N2OS. The van der Waals surface area contributed by atoms with Crippen molar-refractivity contribution in [1.29, 1.82) is 0 Å². The zero-order chi connectivity index (χ0) is 16.4. The summed E-state index contributed by atoms with van der Waals surface area (Å²) >= 11 is 1.47. The maximum absolute atomic E-state index is 9.62. The molecule has 4 aromatic rings. The number of aromatic hydroxyl groups is 1. The summed E-state index contributed by atoms with van der Waals surface area (Å²) < 4.78 is 0.925. The third-order valence-corrected chi connectivity index (χ3v) is 4.57. The average Bonchev–Trinajstić information content (AvgIpc) is 3.03. The number of hydrogen-bond donors (Lipinski definition) is 1. The minimum absolute atomic E-state index is 0.244. The second kappa shape index (κ2) is 6.26. The van der Waals surface area contributed by atoms with Crippen molar-refractivity contribution in [2.75, 3.05) is 0 Å². The van der Waals surface area contributed by atoms with Crippen LogP contribution in [0.15, 0.2) is 83.9 Å². The molecule has 0 spiro atoms. The molecule has 0 aliphatic rings. The highest BCUT2D eigenvalue weighted by Gasteiger charge is 2.09. The zero-order valence-electron chi connectivity index (χ0n) is 12.8. The predicted octanol–water partition coefficient (Wildman–Crippen LogP) is 5.17. The predicted molar refractivity (Wildman–Crippen MR) is 99.5 cm³/mol. The second-order valence-corrected chi connectivity index (χ2v) is 6.35. The Kier molecular flexibility index (Phi) is 3.81. The van der Waals surface area contributed by atoms with Crippen molar-refractivity contribution in [2.24, 2.45) is 4.99 Å². The molecule has 0 unspecified atom stereocenters. The van der Waals surface area contributed by atoms with Crippen LogP contribution in [0.1, 0.15) is 11.1 Å². The van der Waals surface area contributed by atoms with Crippen LogP contribution >= 0.6 is 11.3 Å². The van der Waals surface area contributed by atoms with Gasteiger partial charge in [-0.15, -0.1) is 0 Å². The summed E-state index contributed by atoms with van der Waals surface area (Å²) in [5, 5.41) is 10.3. The van der Waals surface area contributed by atoms with Crippen LogP contribution in [-0.4, -0.2) is 15.8 Å². The second-order valence-electron chi connectivity index (χ2n) is 5.34. The van der Waals surface area contributed by atoms with E-state index in [1.54, 1.807) is 12.1 Å². The summed E-state index contributed by atoms with van der Waals surface area (Å²) in [6.07, 6.45) is 0. The molecule has 1 heterocycles. The van der Waals surface area contributed by atoms with Crippen LogP contribution in [0.4, 0.5) is 5.13 Å². The first kappa shape index (κ1) is 14.6. The highest BCUT2D eigenvalue weighted by Crippen LogP contribution is 2.31. The van der Waals surface area contributed by atoms with Crippen LogP contribution in [-0.2, 0) is 0 Å². The Morgan fingerprint density at radius 1 is 0.833 bits per heavy atom. The molecular weight excluding hydrogens is 316 g/mol. The molecule has 0 saturated carbocycles. The minimum Gasteiger partial charge on any atom is -0.508 e. The Labute approximate surface area is 143 Å². The van der Waals surface area contributed by atoms with Crippen molar-refractivity contribution >= 4 is 32.4 Å². The van der Waals surface area contributed by atoms with Gasteiger partial charge in [0.15, 0.2) is 0 Å². The fourth-order valence-corrected chi connectivity index (χ4v) is 3.41. The van der Waals surface area contributed by atoms with Gasteiger partial charge >= 0.3 is 0 Å². The standard InChI is InChI=1S/C20H14N2OS/c23-16-11-12-17-18(13-16)24-20(21-17)22-19(14-7-3-1-4-8-14)15-9-5-2-6-10-15/h1-13,23H. The lowest BCUT2D eigenvalue weighted by molar-refractivity contribution is 0.476. The highest BCUT2D eigenvalue weighted by molar-refractivity contribution is 7.22. The van der Waals surface area contributed by atoms with Gasteiger partial charge in [-0.2, -0.15) is 0 Å². The summed E-state index contributed by atoms with van der Waals surface area (Å²) in [6.45, 7) is 0. The van der Waals surface area contributed by atoms with Crippen LogP contribution in [0.2, 0.25) is 0 Å². The molecule has 3 aromatic carbocycles. The smallest absolute Gasteiger partial charge is 0.210 e. The number of hydrogen-bond acceptors (Lipinski definition) is 4. The van der Waals surface area contributed by atoms with E-state index in [-0.39, 0.29) is 5.75 Å². The van der Waals surface area contributed by atoms with Gasteiger partial charge in [0.2, 0.25) is 5.13 Å². The first-order valence-electron chi connectivity index (χ1n) is 7.59. The lowest BCUT2D eigenvalue weighted by Crippen LogP contribution is -2.02. The number of fused-ring (bicyclic) bond motifs is 1. The number of thiazole rings is 1. The summed E-state index contributed by atoms with van der Waals surface area (Å²) in [6, 6.07) is 25.4. The van der Waals surface area contributed by atoms with Crippen molar-refractivity contribution < 1.29 is 5.11 Å². The molecule has 116 valence electrons. The van der Waals surface area contributed by atoms with E-state index >= 15 is 0 Å². The Bertz CT molecular complexity index is 966. The van der Waals surface area contributed by atoms with Crippen molar-refractivity contribution in [2.45, 2.75) is 0 Å². The van der Waals surface area contributed by atoms with Gasteiger partial charge in [0.1, 0.15) is 5.75 Å². The van der Waals surface area contributed by atoms with E-state index in [1.165, 1.54) is 11.3 Å². The van der Waals surface area contributed by atoms with Crippen LogP contribution in [0, 0.1) is 0 Å². The normalized spacial score (nSPS) is 10.7. The number of aromatic nitrogens is 1. The average molecular weight is 330 g/mol. The maximum atomic E-state index is 9.62. The van der Waals surface area contributed by atoms with E-state index in [0.717, 1.165) is 27.1 Å². The molecule has 0 aliphatic carbocycles. The van der Waals surface area contributed by atoms with Crippen LogP contribution < -0.4 is 0 Å². The van der Waals surface area contributed by atoms with Gasteiger partial charge < -0.3 is 5.11 Å². The van der Waals surface area contributed by atoms with Crippen molar-refractivity contribution in [3.05, 3.63) is 90.0 Å². The minimum atomic E-state index is 0.244. The van der Waals surface area contributed by atoms with Gasteiger partial charge in [-0.1, -0.05) is 72.0 Å². The molecule has 1 aromatic heterocycles. The zero-order valence-corrected chi connectivity index (χ0v) is 13.6. The molecule has 24 heavy (non-hydrogen) atoms. The number of rotatable bonds is 3. The van der Waals surface area contributed by atoms with E-state index in [4.69, 9.17) is 4.99 Å². The highest BCUT2D eigenvalue weighted by atomic mass is 32.1. The van der Waals surface area contributed by atoms with Crippen LogP contribution in [0.5, 0.6) is 5.75 Å². The molecule has 3 nitrogen and oxygen atoms in total. The topological polar surface area (TPSA) is 45.5 Å². The number of benzene rings is 3. The lowest BCUT2D eigenvalue weighted by atomic mass is 10.0. The molecule has 0 bridgehead atoms. The van der Waals surface area contributed by atoms with Gasteiger partial charge in [0, 0.05) is 11.1 Å². The van der Waals surface area contributed by atoms with Gasteiger partial charge in [-0.05, 0) is 18.2 Å².